The summed E-state index contributed by atoms with van der Waals surface area (Å²) in [5.74, 6) is 0.655. The summed E-state index contributed by atoms with van der Waals surface area (Å²) in [6.07, 6.45) is 5.38. The Bertz CT molecular complexity index is 1820. The highest BCUT2D eigenvalue weighted by Gasteiger charge is 2.20. The zero-order valence-electron chi connectivity index (χ0n) is 20.3. The number of nitrogen functional groups attached to an aromatic ring is 1. The lowest BCUT2D eigenvalue weighted by molar-refractivity contribution is 0.768. The van der Waals surface area contributed by atoms with Crippen LogP contribution in [0.25, 0.3) is 38.6 Å². The highest BCUT2D eigenvalue weighted by Crippen LogP contribution is 2.30. The summed E-state index contributed by atoms with van der Waals surface area (Å²) < 4.78 is 3.48. The molecule has 0 amide bonds. The van der Waals surface area contributed by atoms with E-state index < -0.39 is 0 Å². The van der Waals surface area contributed by atoms with E-state index in [0.29, 0.717) is 22.2 Å². The average molecular weight is 489 g/mol. The third-order valence-corrected chi connectivity index (χ3v) is 6.37. The Kier molecular flexibility index (Phi) is 5.37. The summed E-state index contributed by atoms with van der Waals surface area (Å²) in [5.41, 5.74) is 10.4. The van der Waals surface area contributed by atoms with Crippen LogP contribution in [0.1, 0.15) is 18.7 Å². The van der Waals surface area contributed by atoms with Crippen LogP contribution < -0.4 is 16.6 Å². The fourth-order valence-corrected chi connectivity index (χ4v) is 4.71. The fourth-order valence-electron chi connectivity index (χ4n) is 4.71. The van der Waals surface area contributed by atoms with Gasteiger partial charge in [0.1, 0.15) is 5.52 Å². The van der Waals surface area contributed by atoms with Crippen LogP contribution >= 0.6 is 0 Å². The molecule has 4 aromatic heterocycles. The van der Waals surface area contributed by atoms with Gasteiger partial charge in [-0.25, -0.2) is 4.98 Å². The van der Waals surface area contributed by atoms with Crippen molar-refractivity contribution in [3.05, 3.63) is 101 Å². The predicted molar refractivity (Wildman–Crippen MR) is 146 cm³/mol. The third-order valence-electron chi connectivity index (χ3n) is 6.37. The molecule has 1 atom stereocenters. The van der Waals surface area contributed by atoms with Crippen molar-refractivity contribution >= 4 is 33.6 Å². The van der Waals surface area contributed by atoms with E-state index in [0.717, 1.165) is 27.9 Å². The van der Waals surface area contributed by atoms with Gasteiger partial charge < -0.3 is 11.1 Å². The Morgan fingerprint density at radius 1 is 1.00 bits per heavy atom. The van der Waals surface area contributed by atoms with Gasteiger partial charge in [-0.1, -0.05) is 36.4 Å². The largest absolute Gasteiger partial charge is 0.368 e. The van der Waals surface area contributed by atoms with Gasteiger partial charge in [-0.3, -0.25) is 19.0 Å². The molecule has 0 saturated heterocycles. The number of rotatable bonds is 5. The monoisotopic (exact) mass is 488 g/mol. The molecule has 9 heteroatoms. The van der Waals surface area contributed by atoms with Crippen molar-refractivity contribution in [2.45, 2.75) is 13.0 Å². The van der Waals surface area contributed by atoms with E-state index >= 15 is 0 Å². The van der Waals surface area contributed by atoms with Gasteiger partial charge in [-0.15, -0.1) is 0 Å². The molecular formula is C28H24N8O. The number of pyridine rings is 2. The molecule has 6 rings (SSSR count). The molecule has 6 aromatic rings. The van der Waals surface area contributed by atoms with Gasteiger partial charge in [-0.05, 0) is 48.2 Å². The Hall–Kier alpha value is -5.05. The average Bonchev–Trinajstić information content (AvgIpc) is 3.34. The number of hydrogen-bond donors (Lipinski definition) is 2. The first kappa shape index (κ1) is 22.4. The number of fused-ring (bicyclic) bond motifs is 2. The second kappa shape index (κ2) is 8.87. The van der Waals surface area contributed by atoms with E-state index in [9.17, 15) is 4.79 Å². The van der Waals surface area contributed by atoms with Crippen molar-refractivity contribution in [3.8, 4) is 16.8 Å². The summed E-state index contributed by atoms with van der Waals surface area (Å²) in [7, 11) is 1.86. The molecule has 0 aliphatic heterocycles. The molecular weight excluding hydrogens is 464 g/mol. The molecule has 9 nitrogen and oxygen atoms in total. The number of hydrogen-bond acceptors (Lipinski definition) is 7. The second-order valence-electron chi connectivity index (χ2n) is 8.89. The number of benzene rings is 2. The molecule has 0 saturated carbocycles. The van der Waals surface area contributed by atoms with Gasteiger partial charge in [0.2, 0.25) is 5.95 Å². The smallest absolute Gasteiger partial charge is 0.263 e. The minimum Gasteiger partial charge on any atom is -0.368 e. The van der Waals surface area contributed by atoms with Crippen LogP contribution in [0, 0.1) is 0 Å². The molecule has 0 unspecified atom stereocenters. The maximum Gasteiger partial charge on any atom is 0.263 e. The Balaban J connectivity index is 1.57. The van der Waals surface area contributed by atoms with Gasteiger partial charge in [0.15, 0.2) is 5.82 Å². The summed E-state index contributed by atoms with van der Waals surface area (Å²) in [4.78, 5) is 27.4. The summed E-state index contributed by atoms with van der Waals surface area (Å²) >= 11 is 0. The van der Waals surface area contributed by atoms with Gasteiger partial charge in [-0.2, -0.15) is 10.1 Å². The number of aromatic nitrogens is 6. The van der Waals surface area contributed by atoms with Gasteiger partial charge >= 0.3 is 0 Å². The number of para-hydroxylation sites is 1. The molecule has 2 aromatic carbocycles. The number of nitrogens with zero attached hydrogens (tertiary/aromatic N) is 6. The van der Waals surface area contributed by atoms with E-state index in [1.807, 2.05) is 80.8 Å². The van der Waals surface area contributed by atoms with Crippen LogP contribution in [-0.2, 0) is 7.05 Å². The summed E-state index contributed by atoms with van der Waals surface area (Å²) in [6, 6.07) is 20.9. The predicted octanol–water partition coefficient (Wildman–Crippen LogP) is 4.48. The number of nitrogens with two attached hydrogens (primary N) is 1. The van der Waals surface area contributed by atoms with Crippen LogP contribution in [0.2, 0.25) is 0 Å². The molecule has 37 heavy (non-hydrogen) atoms. The van der Waals surface area contributed by atoms with Crippen LogP contribution in [-0.4, -0.2) is 29.3 Å². The molecule has 182 valence electrons. The van der Waals surface area contributed by atoms with Gasteiger partial charge in [0, 0.05) is 36.4 Å². The molecule has 0 aliphatic rings. The standard InChI is InChI=1S/C28H24N8O/c1-17(32-26-25-22(12-7-13-30-25)33-28(29)34-26)23-14-18-8-6-11-21(19-15-31-35(2)16-19)24(18)27(37)36(23)20-9-4-3-5-10-20/h3-17H,1-2H3,(H3,29,32,33,34)/t17-/m0/s1. The molecule has 4 heterocycles. The van der Waals surface area contributed by atoms with Crippen molar-refractivity contribution in [1.82, 2.24) is 29.3 Å². The van der Waals surface area contributed by atoms with E-state index in [1.54, 1.807) is 27.7 Å². The van der Waals surface area contributed by atoms with E-state index in [-0.39, 0.29) is 17.5 Å². The quantitative estimate of drug-likeness (QED) is 0.367. The van der Waals surface area contributed by atoms with E-state index in [2.05, 4.69) is 25.4 Å². The first-order chi connectivity index (χ1) is 18.0. The first-order valence-electron chi connectivity index (χ1n) is 11.9. The Morgan fingerprint density at radius 2 is 1.84 bits per heavy atom. The molecule has 0 bridgehead atoms. The van der Waals surface area contributed by atoms with E-state index in [4.69, 9.17) is 5.73 Å². The SMILES string of the molecule is C[C@H](Nc1nc(N)nc2cccnc12)c1cc2cccc(-c3cnn(C)c3)c2c(=O)n1-c1ccccc1. The minimum atomic E-state index is -0.320. The summed E-state index contributed by atoms with van der Waals surface area (Å²) in [5, 5.41) is 9.20. The molecule has 3 N–H and O–H groups in total. The lowest BCUT2D eigenvalue weighted by Gasteiger charge is -2.22. The number of aryl methyl sites for hydroxylation is 1. The maximum absolute atomic E-state index is 14.2. The van der Waals surface area contributed by atoms with Crippen molar-refractivity contribution in [2.24, 2.45) is 7.05 Å². The lowest BCUT2D eigenvalue weighted by atomic mass is 9.99. The topological polar surface area (TPSA) is 117 Å². The zero-order valence-corrected chi connectivity index (χ0v) is 20.3. The first-order valence-corrected chi connectivity index (χ1v) is 11.9. The van der Waals surface area contributed by atoms with Crippen molar-refractivity contribution < 1.29 is 0 Å². The van der Waals surface area contributed by atoms with Crippen LogP contribution in [0.15, 0.2) is 90.1 Å². The molecule has 0 aliphatic carbocycles. The Morgan fingerprint density at radius 3 is 2.62 bits per heavy atom. The normalized spacial score (nSPS) is 12.2. The lowest BCUT2D eigenvalue weighted by Crippen LogP contribution is -2.26. The Labute approximate surface area is 212 Å². The van der Waals surface area contributed by atoms with Crippen LogP contribution in [0.4, 0.5) is 11.8 Å². The van der Waals surface area contributed by atoms with Crippen molar-refractivity contribution in [1.29, 1.82) is 0 Å². The van der Waals surface area contributed by atoms with Crippen LogP contribution in [0.5, 0.6) is 0 Å². The minimum absolute atomic E-state index is 0.114. The highest BCUT2D eigenvalue weighted by molar-refractivity contribution is 5.96. The van der Waals surface area contributed by atoms with Gasteiger partial charge in [0.05, 0.1) is 23.1 Å². The van der Waals surface area contributed by atoms with E-state index in [1.165, 1.54) is 0 Å². The molecule has 0 fully saturated rings. The number of anilines is 2. The summed E-state index contributed by atoms with van der Waals surface area (Å²) in [6.45, 7) is 1.98. The zero-order chi connectivity index (χ0) is 25.5. The van der Waals surface area contributed by atoms with Crippen molar-refractivity contribution in [2.75, 3.05) is 11.1 Å². The molecule has 0 spiro atoms. The van der Waals surface area contributed by atoms with Crippen molar-refractivity contribution in [3.63, 3.8) is 0 Å². The molecule has 0 radical (unpaired) electrons. The van der Waals surface area contributed by atoms with Gasteiger partial charge in [0.25, 0.3) is 5.56 Å². The fraction of sp³-hybridized carbons (Fsp3) is 0.107. The van der Waals surface area contributed by atoms with Crippen LogP contribution in [0.3, 0.4) is 0 Å². The second-order valence-corrected chi connectivity index (χ2v) is 8.89. The highest BCUT2D eigenvalue weighted by atomic mass is 16.1. The third kappa shape index (κ3) is 3.96. The maximum atomic E-state index is 14.2. The number of nitrogens with one attached hydrogen (secondary N) is 1.